The van der Waals surface area contributed by atoms with E-state index in [9.17, 15) is 9.18 Å². The van der Waals surface area contributed by atoms with Crippen molar-refractivity contribution >= 4 is 32.5 Å². The molecule has 98 valence electrons. The van der Waals surface area contributed by atoms with Gasteiger partial charge < -0.3 is 0 Å². The lowest BCUT2D eigenvalue weighted by atomic mass is 9.97. The summed E-state index contributed by atoms with van der Waals surface area (Å²) in [4.78, 5) is 12.5. The summed E-state index contributed by atoms with van der Waals surface area (Å²) in [6, 6.07) is 17.2. The monoisotopic (exact) mass is 328 g/mol. The van der Waals surface area contributed by atoms with E-state index >= 15 is 0 Å². The third kappa shape index (κ3) is 2.14. The maximum Gasteiger partial charge on any atom is 0.196 e. The number of rotatable bonds is 2. The van der Waals surface area contributed by atoms with E-state index < -0.39 is 5.82 Å². The Labute approximate surface area is 124 Å². The van der Waals surface area contributed by atoms with E-state index in [1.54, 1.807) is 18.2 Å². The first-order valence-electron chi connectivity index (χ1n) is 6.15. The van der Waals surface area contributed by atoms with Gasteiger partial charge in [0, 0.05) is 10.0 Å². The van der Waals surface area contributed by atoms with Crippen LogP contribution in [0, 0.1) is 5.82 Å². The molecule has 0 aromatic heterocycles. The number of carbonyl (C=O) groups is 1. The molecular weight excluding hydrogens is 319 g/mol. The lowest BCUT2D eigenvalue weighted by Crippen LogP contribution is -2.04. The Morgan fingerprint density at radius 2 is 1.45 bits per heavy atom. The largest absolute Gasteiger partial charge is 0.288 e. The SMILES string of the molecule is O=C(c1ccccc1F)c1ccc(Br)c2ccccc12. The van der Waals surface area contributed by atoms with Gasteiger partial charge >= 0.3 is 0 Å². The predicted octanol–water partition coefficient (Wildman–Crippen LogP) is 4.97. The molecule has 0 aliphatic heterocycles. The summed E-state index contributed by atoms with van der Waals surface area (Å²) in [5.74, 6) is -0.795. The van der Waals surface area contributed by atoms with Gasteiger partial charge in [0.15, 0.2) is 5.78 Å². The van der Waals surface area contributed by atoms with E-state index in [0.29, 0.717) is 5.56 Å². The molecule has 0 saturated carbocycles. The molecule has 0 bridgehead atoms. The lowest BCUT2D eigenvalue weighted by Gasteiger charge is -2.08. The van der Waals surface area contributed by atoms with Crippen LogP contribution in [0.15, 0.2) is 65.1 Å². The highest BCUT2D eigenvalue weighted by Gasteiger charge is 2.16. The second-order valence-corrected chi connectivity index (χ2v) is 5.30. The first-order chi connectivity index (χ1) is 9.68. The summed E-state index contributed by atoms with van der Waals surface area (Å²) in [5, 5.41) is 1.75. The summed E-state index contributed by atoms with van der Waals surface area (Å²) in [5.41, 5.74) is 0.605. The number of halogens is 2. The van der Waals surface area contributed by atoms with E-state index in [4.69, 9.17) is 0 Å². The van der Waals surface area contributed by atoms with Crippen LogP contribution in [0.25, 0.3) is 10.8 Å². The molecule has 3 rings (SSSR count). The van der Waals surface area contributed by atoms with Crippen molar-refractivity contribution in [2.75, 3.05) is 0 Å². The molecule has 0 heterocycles. The summed E-state index contributed by atoms with van der Waals surface area (Å²) >= 11 is 3.47. The van der Waals surface area contributed by atoms with Crippen molar-refractivity contribution in [2.24, 2.45) is 0 Å². The first-order valence-corrected chi connectivity index (χ1v) is 6.94. The smallest absolute Gasteiger partial charge is 0.196 e. The van der Waals surface area contributed by atoms with Gasteiger partial charge in [-0.05, 0) is 35.0 Å². The zero-order chi connectivity index (χ0) is 14.1. The molecule has 0 spiro atoms. The van der Waals surface area contributed by atoms with Crippen molar-refractivity contribution in [1.82, 2.24) is 0 Å². The fourth-order valence-corrected chi connectivity index (χ4v) is 2.73. The van der Waals surface area contributed by atoms with Crippen molar-refractivity contribution in [3.63, 3.8) is 0 Å². The summed E-state index contributed by atoms with van der Waals surface area (Å²) < 4.78 is 14.7. The third-order valence-corrected chi connectivity index (χ3v) is 3.93. The fraction of sp³-hybridized carbons (Fsp3) is 0. The average molecular weight is 329 g/mol. The Kier molecular flexibility index (Phi) is 3.36. The normalized spacial score (nSPS) is 10.7. The molecule has 1 nitrogen and oxygen atoms in total. The van der Waals surface area contributed by atoms with Crippen LogP contribution in [0.5, 0.6) is 0 Å². The molecule has 0 radical (unpaired) electrons. The van der Waals surface area contributed by atoms with Crippen molar-refractivity contribution in [2.45, 2.75) is 0 Å². The third-order valence-electron chi connectivity index (χ3n) is 3.23. The minimum absolute atomic E-state index is 0.0972. The van der Waals surface area contributed by atoms with E-state index in [-0.39, 0.29) is 11.3 Å². The van der Waals surface area contributed by atoms with Crippen molar-refractivity contribution < 1.29 is 9.18 Å². The number of hydrogen-bond donors (Lipinski definition) is 0. The van der Waals surface area contributed by atoms with Gasteiger partial charge in [-0.2, -0.15) is 0 Å². The van der Waals surface area contributed by atoms with Crippen LogP contribution < -0.4 is 0 Å². The molecule has 0 fully saturated rings. The van der Waals surface area contributed by atoms with Crippen LogP contribution in [-0.2, 0) is 0 Å². The molecule has 3 aromatic carbocycles. The molecular formula is C17H10BrFO. The predicted molar refractivity (Wildman–Crippen MR) is 81.5 cm³/mol. The topological polar surface area (TPSA) is 17.1 Å². The number of fused-ring (bicyclic) bond motifs is 1. The number of ketones is 1. The maximum atomic E-state index is 13.8. The average Bonchev–Trinajstić information content (AvgIpc) is 2.48. The van der Waals surface area contributed by atoms with Crippen LogP contribution in [-0.4, -0.2) is 5.78 Å². The number of benzene rings is 3. The summed E-state index contributed by atoms with van der Waals surface area (Å²) in [6.45, 7) is 0. The highest BCUT2D eigenvalue weighted by atomic mass is 79.9. The molecule has 0 saturated heterocycles. The maximum absolute atomic E-state index is 13.8. The second-order valence-electron chi connectivity index (χ2n) is 4.45. The van der Waals surface area contributed by atoms with E-state index in [1.807, 2.05) is 30.3 Å². The second kappa shape index (κ2) is 5.17. The van der Waals surface area contributed by atoms with Gasteiger partial charge in [-0.25, -0.2) is 4.39 Å². The lowest BCUT2D eigenvalue weighted by molar-refractivity contribution is 0.103. The molecule has 3 aromatic rings. The number of carbonyl (C=O) groups excluding carboxylic acids is 1. The van der Waals surface area contributed by atoms with Gasteiger partial charge in [0.1, 0.15) is 5.82 Å². The van der Waals surface area contributed by atoms with Crippen LogP contribution in [0.1, 0.15) is 15.9 Å². The summed E-state index contributed by atoms with van der Waals surface area (Å²) in [6.07, 6.45) is 0. The number of hydrogen-bond acceptors (Lipinski definition) is 1. The molecule has 0 unspecified atom stereocenters. The Morgan fingerprint density at radius 1 is 0.800 bits per heavy atom. The molecule has 0 aliphatic carbocycles. The van der Waals surface area contributed by atoms with E-state index in [2.05, 4.69) is 15.9 Å². The Bertz CT molecular complexity index is 811. The van der Waals surface area contributed by atoms with Crippen LogP contribution in [0.4, 0.5) is 4.39 Å². The minimum Gasteiger partial charge on any atom is -0.288 e. The van der Waals surface area contributed by atoms with E-state index in [1.165, 1.54) is 12.1 Å². The van der Waals surface area contributed by atoms with Crippen molar-refractivity contribution in [3.8, 4) is 0 Å². The Morgan fingerprint density at radius 3 is 2.20 bits per heavy atom. The van der Waals surface area contributed by atoms with Crippen LogP contribution >= 0.6 is 15.9 Å². The van der Waals surface area contributed by atoms with Gasteiger partial charge in [-0.3, -0.25) is 4.79 Å². The molecule has 0 amide bonds. The molecule has 0 N–H and O–H groups in total. The van der Waals surface area contributed by atoms with Crippen molar-refractivity contribution in [1.29, 1.82) is 0 Å². The fourth-order valence-electron chi connectivity index (χ4n) is 2.25. The molecule has 0 atom stereocenters. The van der Waals surface area contributed by atoms with Crippen molar-refractivity contribution in [3.05, 3.63) is 82.1 Å². The highest BCUT2D eigenvalue weighted by molar-refractivity contribution is 9.10. The zero-order valence-electron chi connectivity index (χ0n) is 10.4. The quantitative estimate of drug-likeness (QED) is 0.607. The van der Waals surface area contributed by atoms with Gasteiger partial charge in [0.2, 0.25) is 0 Å². The van der Waals surface area contributed by atoms with Crippen LogP contribution in [0.2, 0.25) is 0 Å². The molecule has 0 aliphatic rings. The highest BCUT2D eigenvalue weighted by Crippen LogP contribution is 2.28. The molecule has 20 heavy (non-hydrogen) atoms. The summed E-state index contributed by atoms with van der Waals surface area (Å²) in [7, 11) is 0. The van der Waals surface area contributed by atoms with Gasteiger partial charge in [0.05, 0.1) is 5.56 Å². The molecule has 3 heteroatoms. The first kappa shape index (κ1) is 13.0. The minimum atomic E-state index is -0.496. The van der Waals surface area contributed by atoms with Gasteiger partial charge in [0.25, 0.3) is 0 Å². The zero-order valence-corrected chi connectivity index (χ0v) is 12.0. The Balaban J connectivity index is 2.23. The Hall–Kier alpha value is -2.00. The van der Waals surface area contributed by atoms with Gasteiger partial charge in [-0.15, -0.1) is 0 Å². The van der Waals surface area contributed by atoms with E-state index in [0.717, 1.165) is 15.2 Å². The standard InChI is InChI=1S/C17H10BrFO/c18-15-10-9-13(11-5-1-2-6-12(11)15)17(20)14-7-3-4-8-16(14)19/h1-10H. The van der Waals surface area contributed by atoms with Gasteiger partial charge in [-0.1, -0.05) is 52.3 Å². The van der Waals surface area contributed by atoms with Crippen LogP contribution in [0.3, 0.4) is 0 Å².